The smallest absolute Gasteiger partial charge is 0.315 e. The minimum absolute atomic E-state index is 0.0734. The largest absolute Gasteiger partial charge is 0.461 e. The standard InChI is InChI=1S/C19H20N2O3/c22-9-8-20-19(23)21-13-15-6-7-16-12-17(24-18(16)11-15)10-14-4-2-1-3-5-14/h1-7,11-12,22H,8-10,13H2,(H2,20,21,23). The van der Waals surface area contributed by atoms with Crippen molar-refractivity contribution in [3.63, 3.8) is 0 Å². The average Bonchev–Trinajstić information content (AvgIpc) is 3.00. The van der Waals surface area contributed by atoms with Crippen LogP contribution in [0.1, 0.15) is 16.9 Å². The van der Waals surface area contributed by atoms with E-state index in [0.717, 1.165) is 28.7 Å². The Bertz CT molecular complexity index is 812. The number of urea groups is 1. The second-order valence-corrected chi connectivity index (χ2v) is 5.58. The highest BCUT2D eigenvalue weighted by molar-refractivity contribution is 5.79. The lowest BCUT2D eigenvalue weighted by Gasteiger charge is -2.06. The lowest BCUT2D eigenvalue weighted by Crippen LogP contribution is -2.36. The predicted octanol–water partition coefficient (Wildman–Crippen LogP) is 2.82. The molecule has 0 atom stereocenters. The highest BCUT2D eigenvalue weighted by atomic mass is 16.3. The number of amides is 2. The van der Waals surface area contributed by atoms with E-state index in [1.807, 2.05) is 42.5 Å². The van der Waals surface area contributed by atoms with Crippen LogP contribution < -0.4 is 10.6 Å². The van der Waals surface area contributed by atoms with E-state index in [0.29, 0.717) is 6.54 Å². The molecule has 0 aliphatic rings. The van der Waals surface area contributed by atoms with Crippen molar-refractivity contribution in [3.05, 3.63) is 71.5 Å². The number of fused-ring (bicyclic) bond motifs is 1. The van der Waals surface area contributed by atoms with E-state index < -0.39 is 0 Å². The maximum Gasteiger partial charge on any atom is 0.315 e. The van der Waals surface area contributed by atoms with Crippen LogP contribution in [0.3, 0.4) is 0 Å². The zero-order valence-corrected chi connectivity index (χ0v) is 13.3. The highest BCUT2D eigenvalue weighted by Crippen LogP contribution is 2.22. The Balaban J connectivity index is 1.66. The number of hydrogen-bond acceptors (Lipinski definition) is 3. The average molecular weight is 324 g/mol. The topological polar surface area (TPSA) is 74.5 Å². The molecular formula is C19H20N2O3. The van der Waals surface area contributed by atoms with Crippen LogP contribution in [-0.4, -0.2) is 24.3 Å². The van der Waals surface area contributed by atoms with Crippen molar-refractivity contribution in [2.45, 2.75) is 13.0 Å². The minimum Gasteiger partial charge on any atom is -0.461 e. The summed E-state index contributed by atoms with van der Waals surface area (Å²) in [7, 11) is 0. The van der Waals surface area contributed by atoms with E-state index in [2.05, 4.69) is 22.8 Å². The quantitative estimate of drug-likeness (QED) is 0.653. The lowest BCUT2D eigenvalue weighted by atomic mass is 10.1. The van der Waals surface area contributed by atoms with Crippen molar-refractivity contribution in [2.24, 2.45) is 0 Å². The normalized spacial score (nSPS) is 10.7. The lowest BCUT2D eigenvalue weighted by molar-refractivity contribution is 0.234. The second kappa shape index (κ2) is 7.66. The van der Waals surface area contributed by atoms with Gasteiger partial charge >= 0.3 is 6.03 Å². The highest BCUT2D eigenvalue weighted by Gasteiger charge is 2.06. The molecule has 5 nitrogen and oxygen atoms in total. The zero-order chi connectivity index (χ0) is 16.8. The van der Waals surface area contributed by atoms with Crippen LogP contribution in [0.25, 0.3) is 11.0 Å². The first kappa shape index (κ1) is 16.1. The first-order chi connectivity index (χ1) is 11.7. The van der Waals surface area contributed by atoms with Gasteiger partial charge in [0, 0.05) is 24.9 Å². The Morgan fingerprint density at radius 1 is 1.00 bits per heavy atom. The number of carbonyl (C=O) groups excluding carboxylic acids is 1. The molecule has 1 aromatic heterocycles. The van der Waals surface area contributed by atoms with Crippen LogP contribution >= 0.6 is 0 Å². The summed E-state index contributed by atoms with van der Waals surface area (Å²) in [6.45, 7) is 0.573. The summed E-state index contributed by atoms with van der Waals surface area (Å²) in [5, 5.41) is 15.0. The molecule has 2 amide bonds. The number of carbonyl (C=O) groups is 1. The van der Waals surface area contributed by atoms with Crippen LogP contribution in [0, 0.1) is 0 Å². The molecule has 0 spiro atoms. The van der Waals surface area contributed by atoms with Gasteiger partial charge in [-0.3, -0.25) is 0 Å². The van der Waals surface area contributed by atoms with Gasteiger partial charge in [0.1, 0.15) is 11.3 Å². The molecule has 1 heterocycles. The number of rotatable bonds is 6. The van der Waals surface area contributed by atoms with Gasteiger partial charge in [-0.15, -0.1) is 0 Å². The number of nitrogens with one attached hydrogen (secondary N) is 2. The van der Waals surface area contributed by atoms with E-state index in [1.165, 1.54) is 5.56 Å². The van der Waals surface area contributed by atoms with E-state index in [1.54, 1.807) is 0 Å². The molecule has 3 rings (SSSR count). The summed E-state index contributed by atoms with van der Waals surface area (Å²) in [5.74, 6) is 0.919. The van der Waals surface area contributed by atoms with E-state index in [4.69, 9.17) is 9.52 Å². The third kappa shape index (κ3) is 4.14. The van der Waals surface area contributed by atoms with Crippen molar-refractivity contribution in [1.82, 2.24) is 10.6 Å². The maximum absolute atomic E-state index is 11.5. The zero-order valence-electron chi connectivity index (χ0n) is 13.3. The molecule has 0 fully saturated rings. The molecule has 0 radical (unpaired) electrons. The summed E-state index contributed by atoms with van der Waals surface area (Å²) in [4.78, 5) is 11.5. The van der Waals surface area contributed by atoms with Gasteiger partial charge in [0.05, 0.1) is 6.61 Å². The Morgan fingerprint density at radius 3 is 2.62 bits per heavy atom. The Kier molecular flexibility index (Phi) is 5.13. The van der Waals surface area contributed by atoms with Gasteiger partial charge in [-0.05, 0) is 23.3 Å². The van der Waals surface area contributed by atoms with Crippen LogP contribution in [0.2, 0.25) is 0 Å². The molecule has 5 heteroatoms. The van der Waals surface area contributed by atoms with Crippen molar-refractivity contribution in [2.75, 3.05) is 13.2 Å². The number of aliphatic hydroxyl groups is 1. The molecule has 2 aromatic carbocycles. The molecule has 0 aliphatic heterocycles. The molecule has 124 valence electrons. The fourth-order valence-corrected chi connectivity index (χ4v) is 2.54. The van der Waals surface area contributed by atoms with Crippen molar-refractivity contribution in [1.29, 1.82) is 0 Å². The van der Waals surface area contributed by atoms with E-state index in [-0.39, 0.29) is 19.2 Å². The summed E-state index contributed by atoms with van der Waals surface area (Å²) in [6, 6.07) is 17.8. The SMILES string of the molecule is O=C(NCCO)NCc1ccc2cc(Cc3ccccc3)oc2c1. The number of benzene rings is 2. The molecule has 0 bridgehead atoms. The summed E-state index contributed by atoms with van der Waals surface area (Å²) in [6.07, 6.45) is 0.757. The van der Waals surface area contributed by atoms with Gasteiger partial charge < -0.3 is 20.2 Å². The van der Waals surface area contributed by atoms with Crippen LogP contribution in [-0.2, 0) is 13.0 Å². The first-order valence-electron chi connectivity index (χ1n) is 7.92. The van der Waals surface area contributed by atoms with Gasteiger partial charge in [-0.25, -0.2) is 4.79 Å². The van der Waals surface area contributed by atoms with Crippen molar-refractivity contribution < 1.29 is 14.3 Å². The van der Waals surface area contributed by atoms with Gasteiger partial charge in [0.2, 0.25) is 0 Å². The Labute approximate surface area is 140 Å². The predicted molar refractivity (Wildman–Crippen MR) is 92.8 cm³/mol. The molecule has 24 heavy (non-hydrogen) atoms. The third-order valence-electron chi connectivity index (χ3n) is 3.71. The molecule has 0 saturated heterocycles. The fraction of sp³-hybridized carbons (Fsp3) is 0.211. The van der Waals surface area contributed by atoms with Crippen molar-refractivity contribution >= 4 is 17.0 Å². The minimum atomic E-state index is -0.298. The van der Waals surface area contributed by atoms with E-state index >= 15 is 0 Å². The maximum atomic E-state index is 11.5. The van der Waals surface area contributed by atoms with E-state index in [9.17, 15) is 4.79 Å². The molecule has 0 saturated carbocycles. The van der Waals surface area contributed by atoms with Crippen LogP contribution in [0.4, 0.5) is 4.79 Å². The summed E-state index contributed by atoms with van der Waals surface area (Å²) in [5.41, 5.74) is 2.98. The van der Waals surface area contributed by atoms with Crippen LogP contribution in [0.5, 0.6) is 0 Å². The first-order valence-corrected chi connectivity index (χ1v) is 7.92. The molecule has 3 aromatic rings. The van der Waals surface area contributed by atoms with Gasteiger partial charge in [-0.2, -0.15) is 0 Å². The molecular weight excluding hydrogens is 304 g/mol. The van der Waals surface area contributed by atoms with Gasteiger partial charge in [0.15, 0.2) is 0 Å². The summed E-state index contributed by atoms with van der Waals surface area (Å²) < 4.78 is 5.92. The monoisotopic (exact) mass is 324 g/mol. The second-order valence-electron chi connectivity index (χ2n) is 5.58. The Morgan fingerprint density at radius 2 is 1.83 bits per heavy atom. The van der Waals surface area contributed by atoms with Gasteiger partial charge in [-0.1, -0.05) is 42.5 Å². The fourth-order valence-electron chi connectivity index (χ4n) is 2.54. The third-order valence-corrected chi connectivity index (χ3v) is 3.71. The van der Waals surface area contributed by atoms with Gasteiger partial charge in [0.25, 0.3) is 0 Å². The number of aliphatic hydroxyl groups excluding tert-OH is 1. The molecule has 0 unspecified atom stereocenters. The number of furan rings is 1. The molecule has 3 N–H and O–H groups in total. The summed E-state index contributed by atoms with van der Waals surface area (Å²) >= 11 is 0. The Hall–Kier alpha value is -2.79. The number of hydrogen-bond donors (Lipinski definition) is 3. The van der Waals surface area contributed by atoms with Crippen molar-refractivity contribution in [3.8, 4) is 0 Å². The van der Waals surface area contributed by atoms with Crippen LogP contribution in [0.15, 0.2) is 59.0 Å². The molecule has 0 aliphatic carbocycles.